The molecule has 0 bridgehead atoms. The minimum absolute atomic E-state index is 0.117. The van der Waals surface area contributed by atoms with Gasteiger partial charge in [0, 0.05) is 6.42 Å². The number of hydrogen-bond donors (Lipinski definition) is 2. The lowest BCUT2D eigenvalue weighted by molar-refractivity contribution is -0.116. The van der Waals surface area contributed by atoms with Gasteiger partial charge in [0.25, 0.3) is 5.56 Å². The number of nitrogens with zero attached hydrogens (tertiary/aromatic N) is 3. The maximum atomic E-state index is 12.2. The Morgan fingerprint density at radius 1 is 1.31 bits per heavy atom. The summed E-state index contributed by atoms with van der Waals surface area (Å²) in [5.41, 5.74) is 0.170. The third kappa shape index (κ3) is 6.22. The predicted octanol–water partition coefficient (Wildman–Crippen LogP) is 3.24. The molecule has 10 heteroatoms. The Kier molecular flexibility index (Phi) is 7.72. The Labute approximate surface area is 172 Å². The van der Waals surface area contributed by atoms with E-state index < -0.39 is 13.9 Å². The van der Waals surface area contributed by atoms with Crippen molar-refractivity contribution in [3.05, 3.63) is 16.7 Å². The second-order valence-electron chi connectivity index (χ2n) is 8.60. The molecule has 0 saturated carbocycles. The number of imidazole rings is 1. The molecule has 1 amide bonds. The molecule has 0 aliphatic carbocycles. The molecular weight excluding hydrogens is 390 g/mol. The van der Waals surface area contributed by atoms with E-state index in [1.54, 1.807) is 4.57 Å². The highest BCUT2D eigenvalue weighted by Crippen LogP contribution is 2.36. The quantitative estimate of drug-likeness (QED) is 0.448. The SMILES string of the molecule is CCCCC(=O)Nc1nc2c(ncn2COCCO[Si](C)(C)C(C)(C)C)c(=O)[nH]1. The summed E-state index contributed by atoms with van der Waals surface area (Å²) in [6.07, 6.45) is 3.58. The summed E-state index contributed by atoms with van der Waals surface area (Å²) in [5.74, 6) is -0.0638. The third-order valence-electron chi connectivity index (χ3n) is 5.22. The number of aromatic amines is 1. The molecule has 9 nitrogen and oxygen atoms in total. The highest BCUT2D eigenvalue weighted by molar-refractivity contribution is 6.74. The molecule has 29 heavy (non-hydrogen) atoms. The normalized spacial score (nSPS) is 12.5. The van der Waals surface area contributed by atoms with E-state index >= 15 is 0 Å². The number of rotatable bonds is 10. The van der Waals surface area contributed by atoms with E-state index in [0.717, 1.165) is 12.8 Å². The van der Waals surface area contributed by atoms with Gasteiger partial charge in [-0.3, -0.25) is 24.5 Å². The van der Waals surface area contributed by atoms with Crippen LogP contribution in [0.15, 0.2) is 11.1 Å². The number of aromatic nitrogens is 4. The van der Waals surface area contributed by atoms with E-state index in [1.165, 1.54) is 6.33 Å². The number of anilines is 1. The molecule has 2 aromatic rings. The van der Waals surface area contributed by atoms with Gasteiger partial charge in [0.15, 0.2) is 19.5 Å². The number of hydrogen-bond acceptors (Lipinski definition) is 6. The van der Waals surface area contributed by atoms with Crippen molar-refractivity contribution in [2.75, 3.05) is 18.5 Å². The Morgan fingerprint density at radius 2 is 2.03 bits per heavy atom. The molecular formula is C19H33N5O4Si. The van der Waals surface area contributed by atoms with Crippen LogP contribution >= 0.6 is 0 Å². The number of carbonyl (C=O) groups is 1. The number of carbonyl (C=O) groups excluding carboxylic acids is 1. The lowest BCUT2D eigenvalue weighted by atomic mass is 10.2. The molecule has 0 aromatic carbocycles. The third-order valence-corrected chi connectivity index (χ3v) is 9.76. The zero-order valence-electron chi connectivity index (χ0n) is 18.3. The molecule has 0 fully saturated rings. The topological polar surface area (TPSA) is 111 Å². The predicted molar refractivity (Wildman–Crippen MR) is 115 cm³/mol. The van der Waals surface area contributed by atoms with E-state index in [2.05, 4.69) is 54.1 Å². The Balaban J connectivity index is 1.97. The summed E-state index contributed by atoms with van der Waals surface area (Å²) in [6, 6.07) is 0. The van der Waals surface area contributed by atoms with Gasteiger partial charge in [0.2, 0.25) is 11.9 Å². The van der Waals surface area contributed by atoms with Gasteiger partial charge >= 0.3 is 0 Å². The first-order valence-corrected chi connectivity index (χ1v) is 12.9. The van der Waals surface area contributed by atoms with Crippen LogP contribution in [0.2, 0.25) is 18.1 Å². The molecule has 2 aromatic heterocycles. The van der Waals surface area contributed by atoms with E-state index in [9.17, 15) is 9.59 Å². The number of unbranched alkanes of at least 4 members (excludes halogenated alkanes) is 1. The van der Waals surface area contributed by atoms with Gasteiger partial charge in [-0.15, -0.1) is 0 Å². The second kappa shape index (κ2) is 9.64. The highest BCUT2D eigenvalue weighted by Gasteiger charge is 2.36. The van der Waals surface area contributed by atoms with Crippen molar-refractivity contribution < 1.29 is 14.0 Å². The molecule has 2 N–H and O–H groups in total. The fourth-order valence-corrected chi connectivity index (χ4v) is 3.40. The van der Waals surface area contributed by atoms with Crippen LogP contribution in [0, 0.1) is 0 Å². The average Bonchev–Trinajstić information content (AvgIpc) is 3.02. The maximum Gasteiger partial charge on any atom is 0.280 e. The zero-order chi connectivity index (χ0) is 21.7. The van der Waals surface area contributed by atoms with E-state index in [1.807, 2.05) is 6.92 Å². The standard InChI is InChI=1S/C19H33N5O4Si/c1-7-8-9-14(25)21-18-22-16-15(17(26)23-18)20-12-24(16)13-27-10-11-28-29(5,6)19(2,3)4/h12H,7-11,13H2,1-6H3,(H2,21,22,23,25,26). The van der Waals surface area contributed by atoms with Gasteiger partial charge in [-0.2, -0.15) is 4.98 Å². The molecule has 0 spiro atoms. The van der Waals surface area contributed by atoms with E-state index in [4.69, 9.17) is 9.16 Å². The Hall–Kier alpha value is -2.04. The van der Waals surface area contributed by atoms with E-state index in [-0.39, 0.29) is 29.1 Å². The lowest BCUT2D eigenvalue weighted by Gasteiger charge is -2.36. The van der Waals surface area contributed by atoms with Gasteiger partial charge in [0.1, 0.15) is 6.73 Å². The van der Waals surface area contributed by atoms with Crippen molar-refractivity contribution >= 4 is 31.3 Å². The first-order valence-electron chi connectivity index (χ1n) is 10.0. The molecule has 2 rings (SSSR count). The summed E-state index contributed by atoms with van der Waals surface area (Å²) in [5, 5.41) is 2.78. The van der Waals surface area contributed by atoms with Crippen LogP contribution in [0.3, 0.4) is 0 Å². The van der Waals surface area contributed by atoms with Crippen molar-refractivity contribution in [1.29, 1.82) is 0 Å². The summed E-state index contributed by atoms with van der Waals surface area (Å²) >= 11 is 0. The fraction of sp³-hybridized carbons (Fsp3) is 0.684. The van der Waals surface area contributed by atoms with Crippen molar-refractivity contribution in [3.8, 4) is 0 Å². The first kappa shape index (κ1) is 23.2. The minimum atomic E-state index is -1.80. The van der Waals surface area contributed by atoms with Crippen molar-refractivity contribution in [2.24, 2.45) is 0 Å². The molecule has 0 aliphatic heterocycles. The largest absolute Gasteiger partial charge is 0.414 e. The van der Waals surface area contributed by atoms with Gasteiger partial charge < -0.3 is 9.16 Å². The number of nitrogens with one attached hydrogen (secondary N) is 2. The molecule has 0 aliphatic rings. The van der Waals surface area contributed by atoms with Gasteiger partial charge in [-0.1, -0.05) is 34.1 Å². The number of amides is 1. The zero-order valence-corrected chi connectivity index (χ0v) is 19.3. The van der Waals surface area contributed by atoms with Crippen molar-refractivity contribution in [3.63, 3.8) is 0 Å². The number of H-pyrrole nitrogens is 1. The summed E-state index contributed by atoms with van der Waals surface area (Å²) in [6.45, 7) is 14.1. The van der Waals surface area contributed by atoms with Gasteiger partial charge in [-0.05, 0) is 24.6 Å². The van der Waals surface area contributed by atoms with E-state index in [0.29, 0.717) is 25.3 Å². The Morgan fingerprint density at radius 3 is 2.69 bits per heavy atom. The molecule has 0 radical (unpaired) electrons. The minimum Gasteiger partial charge on any atom is -0.414 e. The van der Waals surface area contributed by atoms with Crippen LogP contribution in [0.4, 0.5) is 5.95 Å². The van der Waals surface area contributed by atoms with Crippen LogP contribution in [-0.2, 0) is 20.7 Å². The molecule has 0 unspecified atom stereocenters. The number of fused-ring (bicyclic) bond motifs is 1. The summed E-state index contributed by atoms with van der Waals surface area (Å²) in [4.78, 5) is 35.1. The highest BCUT2D eigenvalue weighted by atomic mass is 28.4. The monoisotopic (exact) mass is 423 g/mol. The van der Waals surface area contributed by atoms with Crippen molar-refractivity contribution in [2.45, 2.75) is 71.8 Å². The smallest absolute Gasteiger partial charge is 0.280 e. The lowest BCUT2D eigenvalue weighted by Crippen LogP contribution is -2.41. The van der Waals surface area contributed by atoms with Crippen LogP contribution in [-0.4, -0.2) is 47.0 Å². The maximum absolute atomic E-state index is 12.2. The van der Waals surface area contributed by atoms with Gasteiger partial charge in [0.05, 0.1) is 19.5 Å². The number of ether oxygens (including phenoxy) is 1. The fourth-order valence-electron chi connectivity index (χ4n) is 2.37. The first-order chi connectivity index (χ1) is 13.5. The Bertz CT molecular complexity index is 885. The van der Waals surface area contributed by atoms with Crippen LogP contribution < -0.4 is 10.9 Å². The molecule has 0 atom stereocenters. The molecule has 0 saturated heterocycles. The van der Waals surface area contributed by atoms with Crippen molar-refractivity contribution in [1.82, 2.24) is 19.5 Å². The summed E-state index contributed by atoms with van der Waals surface area (Å²) < 4.78 is 13.4. The van der Waals surface area contributed by atoms with Crippen LogP contribution in [0.1, 0.15) is 47.0 Å². The van der Waals surface area contributed by atoms with Gasteiger partial charge in [-0.25, -0.2) is 4.98 Å². The molecule has 162 valence electrons. The average molecular weight is 424 g/mol. The van der Waals surface area contributed by atoms with Crippen LogP contribution in [0.25, 0.3) is 11.2 Å². The van der Waals surface area contributed by atoms with Crippen LogP contribution in [0.5, 0.6) is 0 Å². The summed E-state index contributed by atoms with van der Waals surface area (Å²) in [7, 11) is -1.80. The second-order valence-corrected chi connectivity index (χ2v) is 13.4. The molecule has 2 heterocycles.